The van der Waals surface area contributed by atoms with Gasteiger partial charge in [0.2, 0.25) is 5.91 Å². The largest absolute Gasteiger partial charge is 0.496 e. The highest BCUT2D eigenvalue weighted by atomic mass is 16.5. The Kier molecular flexibility index (Phi) is 6.81. The number of benzene rings is 1. The fourth-order valence-corrected chi connectivity index (χ4v) is 1.93. The van der Waals surface area contributed by atoms with Crippen molar-refractivity contribution in [2.45, 2.75) is 26.4 Å². The van der Waals surface area contributed by atoms with Crippen LogP contribution in [0, 0.1) is 0 Å². The highest BCUT2D eigenvalue weighted by Crippen LogP contribution is 2.33. The van der Waals surface area contributed by atoms with Gasteiger partial charge in [-0.1, -0.05) is 0 Å². The molecular weight excluding hydrogens is 272 g/mol. The number of methoxy groups -OCH3 is 3. The van der Waals surface area contributed by atoms with E-state index >= 15 is 0 Å². The molecule has 0 saturated carbocycles. The molecule has 0 spiro atoms. The molecule has 0 heterocycles. The molecule has 0 aliphatic carbocycles. The van der Waals surface area contributed by atoms with Gasteiger partial charge >= 0.3 is 0 Å². The highest BCUT2D eigenvalue weighted by Gasteiger charge is 2.13. The topological polar surface area (TPSA) is 68.8 Å². The first-order valence-corrected chi connectivity index (χ1v) is 6.80. The van der Waals surface area contributed by atoms with Crippen molar-refractivity contribution in [2.24, 2.45) is 0 Å². The lowest BCUT2D eigenvalue weighted by Crippen LogP contribution is -2.37. The predicted molar refractivity (Wildman–Crippen MR) is 81.1 cm³/mol. The molecule has 0 fully saturated rings. The number of carbonyl (C=O) groups excluding carboxylic acids is 1. The SMILES string of the molecule is COc1cc(OC)c(CNCC(=O)NC(C)C)c(OC)c1. The van der Waals surface area contributed by atoms with Crippen LogP contribution in [0.4, 0.5) is 0 Å². The van der Waals surface area contributed by atoms with Gasteiger partial charge in [-0.3, -0.25) is 4.79 Å². The second-order valence-electron chi connectivity index (χ2n) is 4.84. The van der Waals surface area contributed by atoms with Crippen LogP contribution in [-0.2, 0) is 11.3 Å². The Labute approximate surface area is 125 Å². The highest BCUT2D eigenvalue weighted by molar-refractivity contribution is 5.78. The lowest BCUT2D eigenvalue weighted by molar-refractivity contribution is -0.120. The van der Waals surface area contributed by atoms with Gasteiger partial charge in [-0.2, -0.15) is 0 Å². The fraction of sp³-hybridized carbons (Fsp3) is 0.533. The molecule has 1 aromatic carbocycles. The quantitative estimate of drug-likeness (QED) is 0.757. The van der Waals surface area contributed by atoms with E-state index in [-0.39, 0.29) is 18.5 Å². The van der Waals surface area contributed by atoms with Crippen LogP contribution >= 0.6 is 0 Å². The van der Waals surface area contributed by atoms with Crippen molar-refractivity contribution in [3.8, 4) is 17.2 Å². The first-order chi connectivity index (χ1) is 10.0. The van der Waals surface area contributed by atoms with Crippen LogP contribution in [0.15, 0.2) is 12.1 Å². The maximum absolute atomic E-state index is 11.6. The second kappa shape index (κ2) is 8.36. The minimum atomic E-state index is -0.0450. The standard InChI is InChI=1S/C15H24N2O4/c1-10(2)17-15(18)9-16-8-12-13(20-4)6-11(19-3)7-14(12)21-5/h6-7,10,16H,8-9H2,1-5H3,(H,17,18). The zero-order chi connectivity index (χ0) is 15.8. The molecule has 0 saturated heterocycles. The first kappa shape index (κ1) is 17.1. The Morgan fingerprint density at radius 1 is 1.10 bits per heavy atom. The third-order valence-corrected chi connectivity index (χ3v) is 2.85. The lowest BCUT2D eigenvalue weighted by atomic mass is 10.1. The molecule has 0 aromatic heterocycles. The molecular formula is C15H24N2O4. The zero-order valence-electron chi connectivity index (χ0n) is 13.3. The summed E-state index contributed by atoms with van der Waals surface area (Å²) >= 11 is 0. The van der Waals surface area contributed by atoms with Crippen molar-refractivity contribution >= 4 is 5.91 Å². The maximum atomic E-state index is 11.6. The Morgan fingerprint density at radius 3 is 2.10 bits per heavy atom. The molecule has 118 valence electrons. The van der Waals surface area contributed by atoms with Crippen LogP contribution in [0.5, 0.6) is 17.2 Å². The Hall–Kier alpha value is -1.95. The molecule has 0 aliphatic rings. The van der Waals surface area contributed by atoms with E-state index in [2.05, 4.69) is 10.6 Å². The van der Waals surface area contributed by atoms with Gasteiger partial charge in [-0.25, -0.2) is 0 Å². The third kappa shape index (κ3) is 5.15. The number of amides is 1. The first-order valence-electron chi connectivity index (χ1n) is 6.80. The minimum Gasteiger partial charge on any atom is -0.496 e. The van der Waals surface area contributed by atoms with E-state index in [1.807, 2.05) is 13.8 Å². The summed E-state index contributed by atoms with van der Waals surface area (Å²) < 4.78 is 15.9. The Balaban J connectivity index is 2.75. The molecule has 1 aromatic rings. The normalized spacial score (nSPS) is 10.4. The number of ether oxygens (including phenoxy) is 3. The average molecular weight is 296 g/mol. The summed E-state index contributed by atoms with van der Waals surface area (Å²) in [4.78, 5) is 11.6. The number of nitrogens with one attached hydrogen (secondary N) is 2. The summed E-state index contributed by atoms with van der Waals surface area (Å²) in [7, 11) is 4.76. The number of rotatable bonds is 8. The summed E-state index contributed by atoms with van der Waals surface area (Å²) in [6, 6.07) is 3.70. The number of hydrogen-bond acceptors (Lipinski definition) is 5. The van der Waals surface area contributed by atoms with E-state index in [0.717, 1.165) is 5.56 Å². The number of carbonyl (C=O) groups is 1. The van der Waals surface area contributed by atoms with Gasteiger partial charge in [0, 0.05) is 24.7 Å². The van der Waals surface area contributed by atoms with Crippen molar-refractivity contribution in [3.63, 3.8) is 0 Å². The average Bonchev–Trinajstić information content (AvgIpc) is 2.46. The summed E-state index contributed by atoms with van der Waals surface area (Å²) in [6.07, 6.45) is 0. The fourth-order valence-electron chi connectivity index (χ4n) is 1.93. The molecule has 1 amide bonds. The van der Waals surface area contributed by atoms with Crippen LogP contribution in [0.2, 0.25) is 0 Å². The van der Waals surface area contributed by atoms with Crippen molar-refractivity contribution in [1.82, 2.24) is 10.6 Å². The van der Waals surface area contributed by atoms with E-state index in [1.165, 1.54) is 0 Å². The van der Waals surface area contributed by atoms with Crippen molar-refractivity contribution < 1.29 is 19.0 Å². The lowest BCUT2D eigenvalue weighted by Gasteiger charge is -2.16. The summed E-state index contributed by atoms with van der Waals surface area (Å²) in [5.41, 5.74) is 0.846. The second-order valence-corrected chi connectivity index (χ2v) is 4.84. The van der Waals surface area contributed by atoms with E-state index in [9.17, 15) is 4.79 Å². The molecule has 21 heavy (non-hydrogen) atoms. The molecule has 0 unspecified atom stereocenters. The van der Waals surface area contributed by atoms with E-state index in [0.29, 0.717) is 23.8 Å². The molecule has 0 aliphatic heterocycles. The maximum Gasteiger partial charge on any atom is 0.234 e. The Morgan fingerprint density at radius 2 is 1.67 bits per heavy atom. The van der Waals surface area contributed by atoms with Gasteiger partial charge < -0.3 is 24.8 Å². The summed E-state index contributed by atoms with van der Waals surface area (Å²) in [5.74, 6) is 1.92. The van der Waals surface area contributed by atoms with Gasteiger partial charge in [0.15, 0.2) is 0 Å². The minimum absolute atomic E-state index is 0.0450. The molecule has 0 atom stereocenters. The van der Waals surface area contributed by atoms with Crippen LogP contribution in [-0.4, -0.2) is 39.8 Å². The van der Waals surface area contributed by atoms with Gasteiger partial charge in [0.05, 0.1) is 33.4 Å². The molecule has 0 bridgehead atoms. The Bertz CT molecular complexity index is 450. The predicted octanol–water partition coefficient (Wildman–Crippen LogP) is 1.33. The van der Waals surface area contributed by atoms with Crippen LogP contribution < -0.4 is 24.8 Å². The van der Waals surface area contributed by atoms with Gasteiger partial charge in [0.1, 0.15) is 17.2 Å². The van der Waals surface area contributed by atoms with Crippen molar-refractivity contribution in [3.05, 3.63) is 17.7 Å². The van der Waals surface area contributed by atoms with E-state index < -0.39 is 0 Å². The molecule has 2 N–H and O–H groups in total. The summed E-state index contributed by atoms with van der Waals surface area (Å²) in [6.45, 7) is 4.54. The van der Waals surface area contributed by atoms with Crippen molar-refractivity contribution in [2.75, 3.05) is 27.9 Å². The summed E-state index contributed by atoms with van der Waals surface area (Å²) in [5, 5.41) is 5.90. The smallest absolute Gasteiger partial charge is 0.234 e. The van der Waals surface area contributed by atoms with E-state index in [1.54, 1.807) is 33.5 Å². The zero-order valence-corrected chi connectivity index (χ0v) is 13.3. The molecule has 6 heteroatoms. The van der Waals surface area contributed by atoms with Crippen LogP contribution in [0.25, 0.3) is 0 Å². The van der Waals surface area contributed by atoms with Crippen LogP contribution in [0.3, 0.4) is 0 Å². The monoisotopic (exact) mass is 296 g/mol. The molecule has 6 nitrogen and oxygen atoms in total. The van der Waals surface area contributed by atoms with Gasteiger partial charge in [-0.05, 0) is 13.8 Å². The molecule has 0 radical (unpaired) electrons. The molecule has 1 rings (SSSR count). The van der Waals surface area contributed by atoms with Gasteiger partial charge in [0.25, 0.3) is 0 Å². The third-order valence-electron chi connectivity index (χ3n) is 2.85. The van der Waals surface area contributed by atoms with Crippen LogP contribution in [0.1, 0.15) is 19.4 Å². The van der Waals surface area contributed by atoms with Crippen molar-refractivity contribution in [1.29, 1.82) is 0 Å². The number of hydrogen-bond donors (Lipinski definition) is 2. The van der Waals surface area contributed by atoms with E-state index in [4.69, 9.17) is 14.2 Å². The van der Waals surface area contributed by atoms with Gasteiger partial charge in [-0.15, -0.1) is 0 Å².